The Morgan fingerprint density at radius 1 is 1.28 bits per heavy atom. The van der Waals surface area contributed by atoms with Gasteiger partial charge in [0.25, 0.3) is 0 Å². The molecule has 5 heteroatoms. The van der Waals surface area contributed by atoms with Crippen molar-refractivity contribution in [3.8, 4) is 5.75 Å². The molecular weight excluding hydrogens is 232 g/mol. The van der Waals surface area contributed by atoms with E-state index in [9.17, 15) is 9.59 Å². The van der Waals surface area contributed by atoms with Crippen LogP contribution in [0.15, 0.2) is 30.3 Å². The Bertz CT molecular complexity index is 392. The average molecular weight is 250 g/mol. The number of rotatable bonds is 5. The molecule has 0 saturated carbocycles. The molecule has 0 aromatic heterocycles. The zero-order chi connectivity index (χ0) is 13.4. The van der Waals surface area contributed by atoms with Gasteiger partial charge in [0, 0.05) is 13.6 Å². The Hall–Kier alpha value is -2.04. The first-order valence-electron chi connectivity index (χ1n) is 5.89. The minimum absolute atomic E-state index is 0.00993. The van der Waals surface area contributed by atoms with Gasteiger partial charge in [0.15, 0.2) is 0 Å². The van der Waals surface area contributed by atoms with E-state index in [1.165, 1.54) is 11.9 Å². The predicted octanol–water partition coefficient (Wildman–Crippen LogP) is 1.64. The third kappa shape index (κ3) is 4.45. The molecule has 0 bridgehead atoms. The van der Waals surface area contributed by atoms with E-state index in [0.717, 1.165) is 6.42 Å². The molecule has 0 heterocycles. The molecule has 98 valence electrons. The van der Waals surface area contributed by atoms with E-state index in [1.807, 2.05) is 13.0 Å². The number of amides is 2. The number of hydrogen-bond donors (Lipinski definition) is 1. The summed E-state index contributed by atoms with van der Waals surface area (Å²) in [5.41, 5.74) is 0. The van der Waals surface area contributed by atoms with E-state index in [-0.39, 0.29) is 12.5 Å². The number of benzene rings is 1. The first-order chi connectivity index (χ1) is 8.67. The van der Waals surface area contributed by atoms with Crippen LogP contribution in [0.1, 0.15) is 13.3 Å². The third-order valence-electron chi connectivity index (χ3n) is 2.31. The quantitative estimate of drug-likeness (QED) is 0.864. The predicted molar refractivity (Wildman–Crippen MR) is 68.4 cm³/mol. The summed E-state index contributed by atoms with van der Waals surface area (Å²) in [6.07, 6.45) is 0.257. The number of hydrogen-bond acceptors (Lipinski definition) is 3. The molecule has 0 aliphatic heterocycles. The second-order valence-electron chi connectivity index (χ2n) is 3.78. The Balaban J connectivity index is 2.62. The highest BCUT2D eigenvalue weighted by atomic mass is 16.6. The lowest BCUT2D eigenvalue weighted by molar-refractivity contribution is -0.121. The van der Waals surface area contributed by atoms with Crippen LogP contribution in [0.3, 0.4) is 0 Å². The van der Waals surface area contributed by atoms with Gasteiger partial charge in [0.2, 0.25) is 5.91 Å². The Labute approximate surface area is 107 Å². The lowest BCUT2D eigenvalue weighted by Gasteiger charge is -2.20. The van der Waals surface area contributed by atoms with Crippen molar-refractivity contribution in [3.05, 3.63) is 30.3 Å². The van der Waals surface area contributed by atoms with Crippen molar-refractivity contribution in [3.63, 3.8) is 0 Å². The van der Waals surface area contributed by atoms with Gasteiger partial charge < -0.3 is 10.1 Å². The fraction of sp³-hybridized carbons (Fsp3) is 0.385. The molecule has 0 fully saturated rings. The van der Waals surface area contributed by atoms with Crippen LogP contribution in [0.5, 0.6) is 5.75 Å². The average Bonchev–Trinajstić information content (AvgIpc) is 2.39. The van der Waals surface area contributed by atoms with Crippen LogP contribution >= 0.6 is 0 Å². The van der Waals surface area contributed by atoms with Crippen LogP contribution in [-0.4, -0.2) is 37.0 Å². The summed E-state index contributed by atoms with van der Waals surface area (Å²) in [6, 6.07) is 8.80. The molecule has 1 N–H and O–H groups in total. The van der Waals surface area contributed by atoms with Crippen molar-refractivity contribution < 1.29 is 14.3 Å². The highest BCUT2D eigenvalue weighted by Gasteiger charge is 2.17. The van der Waals surface area contributed by atoms with Crippen molar-refractivity contribution >= 4 is 12.0 Å². The standard InChI is InChI=1S/C13H18N2O3/c1-3-9-15(10-12(16)14-2)13(17)18-11-7-5-4-6-8-11/h4-8H,3,9-10H2,1-2H3,(H,14,16). The number of carbonyl (C=O) groups is 2. The third-order valence-corrected chi connectivity index (χ3v) is 2.31. The summed E-state index contributed by atoms with van der Waals surface area (Å²) in [6.45, 7) is 2.43. The van der Waals surface area contributed by atoms with Crippen LogP contribution in [0.25, 0.3) is 0 Å². The molecule has 1 aromatic carbocycles. The second kappa shape index (κ2) is 7.32. The summed E-state index contributed by atoms with van der Waals surface area (Å²) in [7, 11) is 1.54. The number of ether oxygens (including phenoxy) is 1. The van der Waals surface area contributed by atoms with Crippen LogP contribution in [0, 0.1) is 0 Å². The minimum atomic E-state index is -0.508. The monoisotopic (exact) mass is 250 g/mol. The second-order valence-corrected chi connectivity index (χ2v) is 3.78. The summed E-state index contributed by atoms with van der Waals surface area (Å²) in [4.78, 5) is 24.6. The Morgan fingerprint density at radius 3 is 2.50 bits per heavy atom. The highest BCUT2D eigenvalue weighted by Crippen LogP contribution is 2.10. The Morgan fingerprint density at radius 2 is 1.94 bits per heavy atom. The van der Waals surface area contributed by atoms with Crippen LogP contribution in [-0.2, 0) is 4.79 Å². The molecule has 0 atom stereocenters. The van der Waals surface area contributed by atoms with Gasteiger partial charge in [-0.05, 0) is 18.6 Å². The first-order valence-corrected chi connectivity index (χ1v) is 5.89. The molecule has 0 spiro atoms. The van der Waals surface area contributed by atoms with E-state index in [0.29, 0.717) is 12.3 Å². The number of nitrogens with zero attached hydrogens (tertiary/aromatic N) is 1. The highest BCUT2D eigenvalue weighted by molar-refractivity contribution is 5.82. The largest absolute Gasteiger partial charge is 0.415 e. The van der Waals surface area contributed by atoms with Crippen LogP contribution in [0.4, 0.5) is 4.79 Å². The Kier molecular flexibility index (Phi) is 5.70. The smallest absolute Gasteiger partial charge is 0.410 e. The molecule has 2 amide bonds. The molecule has 1 aromatic rings. The van der Waals surface area contributed by atoms with Crippen LogP contribution in [0.2, 0.25) is 0 Å². The maximum Gasteiger partial charge on any atom is 0.415 e. The van der Waals surface area contributed by atoms with E-state index in [1.54, 1.807) is 24.3 Å². The number of carbonyl (C=O) groups excluding carboxylic acids is 2. The van der Waals surface area contributed by atoms with E-state index >= 15 is 0 Å². The van der Waals surface area contributed by atoms with E-state index in [4.69, 9.17) is 4.74 Å². The maximum absolute atomic E-state index is 11.9. The van der Waals surface area contributed by atoms with Gasteiger partial charge in [0.1, 0.15) is 12.3 Å². The van der Waals surface area contributed by atoms with Gasteiger partial charge in [-0.2, -0.15) is 0 Å². The topological polar surface area (TPSA) is 58.6 Å². The maximum atomic E-state index is 11.9. The van der Waals surface area contributed by atoms with Crippen LogP contribution < -0.4 is 10.1 Å². The summed E-state index contributed by atoms with van der Waals surface area (Å²) < 4.78 is 5.18. The number of para-hydroxylation sites is 1. The molecule has 0 aliphatic rings. The molecule has 1 rings (SSSR count). The zero-order valence-electron chi connectivity index (χ0n) is 10.7. The van der Waals surface area contributed by atoms with Crippen molar-refractivity contribution in [1.29, 1.82) is 0 Å². The summed E-state index contributed by atoms with van der Waals surface area (Å²) in [5.74, 6) is 0.258. The zero-order valence-corrected chi connectivity index (χ0v) is 10.7. The lowest BCUT2D eigenvalue weighted by atomic mass is 10.3. The molecule has 5 nitrogen and oxygen atoms in total. The lowest BCUT2D eigenvalue weighted by Crippen LogP contribution is -2.41. The van der Waals surface area contributed by atoms with Gasteiger partial charge in [-0.1, -0.05) is 25.1 Å². The molecule has 0 unspecified atom stereocenters. The summed E-state index contributed by atoms with van der Waals surface area (Å²) in [5, 5.41) is 2.48. The van der Waals surface area contributed by atoms with Crippen molar-refractivity contribution in [2.24, 2.45) is 0 Å². The van der Waals surface area contributed by atoms with Gasteiger partial charge in [-0.25, -0.2) is 4.79 Å². The fourth-order valence-electron chi connectivity index (χ4n) is 1.41. The van der Waals surface area contributed by atoms with Gasteiger partial charge in [0.05, 0.1) is 0 Å². The molecule has 0 radical (unpaired) electrons. The summed E-state index contributed by atoms with van der Waals surface area (Å²) >= 11 is 0. The molecule has 0 saturated heterocycles. The van der Waals surface area contributed by atoms with E-state index in [2.05, 4.69) is 5.32 Å². The molecule has 0 aliphatic carbocycles. The SMILES string of the molecule is CCCN(CC(=O)NC)C(=O)Oc1ccccc1. The fourth-order valence-corrected chi connectivity index (χ4v) is 1.41. The van der Waals surface area contributed by atoms with Crippen molar-refractivity contribution in [2.45, 2.75) is 13.3 Å². The number of likely N-dealkylation sites (N-methyl/N-ethyl adjacent to an activating group) is 1. The van der Waals surface area contributed by atoms with Gasteiger partial charge in [-0.15, -0.1) is 0 Å². The number of nitrogens with one attached hydrogen (secondary N) is 1. The van der Waals surface area contributed by atoms with E-state index < -0.39 is 6.09 Å². The van der Waals surface area contributed by atoms with Crippen molar-refractivity contribution in [1.82, 2.24) is 10.2 Å². The van der Waals surface area contributed by atoms with Gasteiger partial charge >= 0.3 is 6.09 Å². The molecular formula is C13H18N2O3. The van der Waals surface area contributed by atoms with Crippen molar-refractivity contribution in [2.75, 3.05) is 20.1 Å². The minimum Gasteiger partial charge on any atom is -0.410 e. The van der Waals surface area contributed by atoms with Gasteiger partial charge in [-0.3, -0.25) is 9.69 Å². The normalized spacial score (nSPS) is 9.67. The molecule has 18 heavy (non-hydrogen) atoms. The first kappa shape index (κ1) is 14.0.